The maximum absolute atomic E-state index is 12.6. The minimum Gasteiger partial charge on any atom is -0.353 e. The van der Waals surface area contributed by atoms with Gasteiger partial charge in [-0.15, -0.1) is 0 Å². The second kappa shape index (κ2) is 6.60. The zero-order valence-electron chi connectivity index (χ0n) is 16.5. The van der Waals surface area contributed by atoms with Crippen molar-refractivity contribution in [2.24, 2.45) is 23.2 Å². The monoisotopic (exact) mass is 374 g/mol. The quantitative estimate of drug-likeness (QED) is 0.609. The van der Waals surface area contributed by atoms with Crippen LogP contribution in [0.2, 0.25) is 0 Å². The molecule has 4 saturated carbocycles. The van der Waals surface area contributed by atoms with Crippen molar-refractivity contribution in [3.05, 3.63) is 21.5 Å². The number of rotatable bonds is 6. The van der Waals surface area contributed by atoms with E-state index in [9.17, 15) is 14.9 Å². The van der Waals surface area contributed by atoms with Gasteiger partial charge in [0.05, 0.1) is 11.5 Å². The van der Waals surface area contributed by atoms with Crippen LogP contribution in [0.4, 0.5) is 5.69 Å². The summed E-state index contributed by atoms with van der Waals surface area (Å²) in [4.78, 5) is 23.3. The molecule has 4 bridgehead atoms. The summed E-state index contributed by atoms with van der Waals surface area (Å²) >= 11 is 0. The van der Waals surface area contributed by atoms with E-state index in [0.717, 1.165) is 17.8 Å². The van der Waals surface area contributed by atoms with Gasteiger partial charge in [-0.2, -0.15) is 5.10 Å². The zero-order valence-corrected chi connectivity index (χ0v) is 16.5. The van der Waals surface area contributed by atoms with Crippen molar-refractivity contribution in [1.29, 1.82) is 0 Å². The molecule has 1 unspecified atom stereocenters. The molecule has 1 heterocycles. The number of aromatic nitrogens is 2. The third-order valence-electron chi connectivity index (χ3n) is 7.46. The number of amides is 1. The molecular weight excluding hydrogens is 344 g/mol. The first-order chi connectivity index (χ1) is 12.8. The predicted molar refractivity (Wildman–Crippen MR) is 101 cm³/mol. The maximum Gasteiger partial charge on any atom is 0.312 e. The Bertz CT molecular complexity index is 734. The Hall–Kier alpha value is -1.92. The predicted octanol–water partition coefficient (Wildman–Crippen LogP) is 3.52. The number of carbonyl (C=O) groups is 1. The number of nitrogens with one attached hydrogen (secondary N) is 1. The highest BCUT2D eigenvalue weighted by Gasteiger charge is 2.53. The van der Waals surface area contributed by atoms with Gasteiger partial charge >= 0.3 is 5.69 Å². The second-order valence-corrected chi connectivity index (χ2v) is 9.32. The average molecular weight is 374 g/mol. The zero-order chi connectivity index (χ0) is 19.3. The molecule has 4 aliphatic carbocycles. The van der Waals surface area contributed by atoms with Gasteiger partial charge in [0.1, 0.15) is 11.4 Å². The number of nitro groups is 1. The molecule has 5 rings (SSSR count). The van der Waals surface area contributed by atoms with E-state index in [2.05, 4.69) is 17.3 Å². The molecule has 0 saturated heterocycles. The van der Waals surface area contributed by atoms with E-state index in [1.807, 2.05) is 0 Å². The lowest BCUT2D eigenvalue weighted by atomic mass is 9.48. The van der Waals surface area contributed by atoms with E-state index >= 15 is 0 Å². The van der Waals surface area contributed by atoms with Crippen LogP contribution in [0.3, 0.4) is 0 Å². The molecule has 0 aliphatic heterocycles. The molecule has 0 radical (unpaired) electrons. The van der Waals surface area contributed by atoms with Crippen LogP contribution < -0.4 is 5.32 Å². The van der Waals surface area contributed by atoms with Crippen LogP contribution in [-0.2, 0) is 11.3 Å². The van der Waals surface area contributed by atoms with Gasteiger partial charge in [-0.05, 0) is 82.5 Å². The van der Waals surface area contributed by atoms with Crippen molar-refractivity contribution in [1.82, 2.24) is 15.1 Å². The van der Waals surface area contributed by atoms with E-state index < -0.39 is 4.92 Å². The number of nitrogens with zero attached hydrogens (tertiary/aromatic N) is 3. The van der Waals surface area contributed by atoms with E-state index in [4.69, 9.17) is 0 Å². The molecular formula is C20H30N4O3. The second-order valence-electron chi connectivity index (χ2n) is 9.32. The Balaban J connectivity index is 1.36. The minimum absolute atomic E-state index is 0.0217. The molecule has 27 heavy (non-hydrogen) atoms. The third-order valence-corrected chi connectivity index (χ3v) is 7.46. The van der Waals surface area contributed by atoms with Crippen LogP contribution in [0.1, 0.15) is 63.3 Å². The molecule has 7 heteroatoms. The van der Waals surface area contributed by atoms with Crippen molar-refractivity contribution in [2.75, 3.05) is 0 Å². The van der Waals surface area contributed by atoms with Crippen molar-refractivity contribution < 1.29 is 9.72 Å². The van der Waals surface area contributed by atoms with Gasteiger partial charge in [0.25, 0.3) is 0 Å². The fourth-order valence-electron chi connectivity index (χ4n) is 6.55. The lowest BCUT2D eigenvalue weighted by Crippen LogP contribution is -2.55. The van der Waals surface area contributed by atoms with Crippen molar-refractivity contribution in [2.45, 2.75) is 78.3 Å². The molecule has 1 N–H and O–H groups in total. The SMILES string of the molecule is Cc1nn(CCC(=O)NC(C)C23CC4CC(CC(C4)C2)C3)c(C)c1[N+](=O)[O-]. The number of hydrogen-bond acceptors (Lipinski definition) is 4. The molecule has 0 spiro atoms. The first-order valence-electron chi connectivity index (χ1n) is 10.2. The maximum atomic E-state index is 12.6. The number of hydrogen-bond donors (Lipinski definition) is 1. The number of aryl methyl sites for hydroxylation is 2. The van der Waals surface area contributed by atoms with E-state index in [-0.39, 0.29) is 17.6 Å². The molecule has 4 aliphatic rings. The normalized spacial score (nSPS) is 32.5. The van der Waals surface area contributed by atoms with Gasteiger partial charge in [-0.25, -0.2) is 0 Å². The summed E-state index contributed by atoms with van der Waals surface area (Å²) < 4.78 is 1.59. The smallest absolute Gasteiger partial charge is 0.312 e. The van der Waals surface area contributed by atoms with Crippen LogP contribution in [0.15, 0.2) is 0 Å². The lowest BCUT2D eigenvalue weighted by Gasteiger charge is -2.59. The fraction of sp³-hybridized carbons (Fsp3) is 0.800. The Morgan fingerprint density at radius 3 is 2.30 bits per heavy atom. The summed E-state index contributed by atoms with van der Waals surface area (Å²) in [6.45, 7) is 5.88. The Morgan fingerprint density at radius 1 is 1.26 bits per heavy atom. The molecule has 1 aromatic heterocycles. The first kappa shape index (κ1) is 18.4. The Kier molecular flexibility index (Phi) is 4.51. The highest BCUT2D eigenvalue weighted by molar-refractivity contribution is 5.76. The molecule has 1 atom stereocenters. The van der Waals surface area contributed by atoms with Crippen LogP contribution >= 0.6 is 0 Å². The van der Waals surface area contributed by atoms with Gasteiger partial charge < -0.3 is 5.32 Å². The van der Waals surface area contributed by atoms with Crippen molar-refractivity contribution in [3.8, 4) is 0 Å². The van der Waals surface area contributed by atoms with Crippen LogP contribution in [0.5, 0.6) is 0 Å². The van der Waals surface area contributed by atoms with Crippen LogP contribution in [0.25, 0.3) is 0 Å². The van der Waals surface area contributed by atoms with Gasteiger partial charge in [0, 0.05) is 12.5 Å². The van der Waals surface area contributed by atoms with Crippen LogP contribution in [0, 0.1) is 47.1 Å². The lowest BCUT2D eigenvalue weighted by molar-refractivity contribution is -0.386. The highest BCUT2D eigenvalue weighted by atomic mass is 16.6. The molecule has 0 aromatic carbocycles. The topological polar surface area (TPSA) is 90.1 Å². The third kappa shape index (κ3) is 3.25. The largest absolute Gasteiger partial charge is 0.353 e. The van der Waals surface area contributed by atoms with E-state index in [0.29, 0.717) is 29.8 Å². The summed E-state index contributed by atoms with van der Waals surface area (Å²) in [7, 11) is 0. The van der Waals surface area contributed by atoms with E-state index in [1.54, 1.807) is 18.5 Å². The fourth-order valence-corrected chi connectivity index (χ4v) is 6.55. The average Bonchev–Trinajstić information content (AvgIpc) is 2.85. The van der Waals surface area contributed by atoms with Crippen molar-refractivity contribution >= 4 is 11.6 Å². The minimum atomic E-state index is -0.399. The molecule has 7 nitrogen and oxygen atoms in total. The van der Waals surface area contributed by atoms with Gasteiger partial charge in [0.2, 0.25) is 5.91 Å². The van der Waals surface area contributed by atoms with Gasteiger partial charge in [0.15, 0.2) is 0 Å². The summed E-state index contributed by atoms with van der Waals surface area (Å²) in [6.07, 6.45) is 8.30. The molecule has 1 amide bonds. The highest BCUT2D eigenvalue weighted by Crippen LogP contribution is 2.61. The van der Waals surface area contributed by atoms with Gasteiger partial charge in [-0.3, -0.25) is 19.6 Å². The molecule has 4 fully saturated rings. The Morgan fingerprint density at radius 2 is 1.81 bits per heavy atom. The summed E-state index contributed by atoms with van der Waals surface area (Å²) in [5.41, 5.74) is 1.26. The standard InChI is InChI=1S/C20H30N4O3/c1-12-19(24(26)27)13(2)23(22-12)5-4-18(25)21-14(3)20-9-15-6-16(10-20)8-17(7-15)11-20/h14-17H,4-11H2,1-3H3,(H,21,25). The first-order valence-corrected chi connectivity index (χ1v) is 10.2. The molecule has 148 valence electrons. The summed E-state index contributed by atoms with van der Waals surface area (Å²) in [5, 5.41) is 18.6. The van der Waals surface area contributed by atoms with Gasteiger partial charge in [-0.1, -0.05) is 0 Å². The van der Waals surface area contributed by atoms with Crippen molar-refractivity contribution in [3.63, 3.8) is 0 Å². The molecule has 1 aromatic rings. The van der Waals surface area contributed by atoms with E-state index in [1.165, 1.54) is 38.5 Å². The summed E-state index contributed by atoms with van der Waals surface area (Å²) in [6, 6.07) is 0.202. The Labute approximate surface area is 160 Å². The van der Waals surface area contributed by atoms with Crippen LogP contribution in [-0.4, -0.2) is 26.7 Å². The number of carbonyl (C=O) groups excluding carboxylic acids is 1. The summed E-state index contributed by atoms with van der Waals surface area (Å²) in [5.74, 6) is 2.62.